The summed E-state index contributed by atoms with van der Waals surface area (Å²) < 4.78 is 6.94. The second kappa shape index (κ2) is 13.2. The molecule has 0 saturated heterocycles. The van der Waals surface area contributed by atoms with Crippen LogP contribution in [0, 0.1) is 0 Å². The molecule has 0 aliphatic heterocycles. The van der Waals surface area contributed by atoms with Crippen molar-refractivity contribution in [1.82, 2.24) is 0 Å². The van der Waals surface area contributed by atoms with Crippen molar-refractivity contribution in [2.75, 3.05) is 4.90 Å². The number of fused-ring (bicyclic) bond motifs is 22. The molecule has 0 atom stereocenters. The third-order valence-electron chi connectivity index (χ3n) is 16.1. The Labute approximate surface area is 394 Å². The van der Waals surface area contributed by atoms with Crippen molar-refractivity contribution in [3.63, 3.8) is 0 Å². The van der Waals surface area contributed by atoms with Gasteiger partial charge >= 0.3 is 0 Å². The molecule has 2 aliphatic rings. The molecule has 15 rings (SSSR count). The highest BCUT2D eigenvalue weighted by Crippen LogP contribution is 2.60. The number of furan rings is 1. The molecule has 0 saturated carbocycles. The molecule has 0 N–H and O–H groups in total. The van der Waals surface area contributed by atoms with Gasteiger partial charge < -0.3 is 9.32 Å². The molecule has 0 amide bonds. The second-order valence-corrected chi connectivity index (χ2v) is 20.3. The number of hydrogen-bond acceptors (Lipinski definition) is 2. The van der Waals surface area contributed by atoms with E-state index in [2.05, 4.69) is 233 Å². The van der Waals surface area contributed by atoms with E-state index < -0.39 is 0 Å². The van der Waals surface area contributed by atoms with E-state index >= 15 is 0 Å². The molecule has 0 spiro atoms. The second-order valence-electron chi connectivity index (χ2n) is 20.3. The van der Waals surface area contributed by atoms with Crippen LogP contribution in [-0.4, -0.2) is 0 Å². The van der Waals surface area contributed by atoms with Gasteiger partial charge in [-0.15, -0.1) is 0 Å². The average Bonchev–Trinajstić information content (AvgIpc) is 3.96. The van der Waals surface area contributed by atoms with E-state index in [9.17, 15) is 0 Å². The van der Waals surface area contributed by atoms with Gasteiger partial charge in [0.05, 0.1) is 11.4 Å². The molecular formula is C66H45NO. The predicted molar refractivity (Wildman–Crippen MR) is 289 cm³/mol. The zero-order chi connectivity index (χ0) is 45.2. The molecule has 0 fully saturated rings. The first-order valence-electron chi connectivity index (χ1n) is 24.0. The van der Waals surface area contributed by atoms with Gasteiger partial charge in [-0.2, -0.15) is 0 Å². The minimum Gasteiger partial charge on any atom is -0.454 e. The van der Waals surface area contributed by atoms with Crippen molar-refractivity contribution in [2.24, 2.45) is 0 Å². The predicted octanol–water partition coefficient (Wildman–Crippen LogP) is 18.6. The van der Waals surface area contributed by atoms with Crippen LogP contribution >= 0.6 is 0 Å². The average molecular weight is 868 g/mol. The summed E-state index contributed by atoms with van der Waals surface area (Å²) in [6.45, 7) is 9.72. The van der Waals surface area contributed by atoms with E-state index in [-0.39, 0.29) is 10.8 Å². The van der Waals surface area contributed by atoms with E-state index in [1.165, 1.54) is 109 Å². The highest BCUT2D eigenvalue weighted by molar-refractivity contribution is 6.24. The Morgan fingerprint density at radius 1 is 0.338 bits per heavy atom. The number of para-hydroxylation sites is 2. The Bertz CT molecular complexity index is 4390. The topological polar surface area (TPSA) is 16.4 Å². The van der Waals surface area contributed by atoms with Crippen LogP contribution in [-0.2, 0) is 10.8 Å². The standard InChI is InChI=1S/C66H45NO/c1-65(2)54-36-39-34-40(33-32-38(39)35-53(54)59-47-24-10-5-18-41(47)43-20-7-13-27-50(43)62(59)65)67(56-30-17-29-52-46-23-15-16-31-58(46)68-64(52)56)57-37-55-60(49-26-12-9-22-45(49)57)61-48-25-11-6-19-42(48)44-21-8-14-28-51(44)63(61)66(55,3)4/h5-37H,1-4H3. The van der Waals surface area contributed by atoms with Crippen LogP contribution in [0.5, 0.6) is 0 Å². The van der Waals surface area contributed by atoms with Crippen LogP contribution in [0.2, 0.25) is 0 Å². The Kier molecular flexibility index (Phi) is 7.39. The third kappa shape index (κ3) is 4.81. The van der Waals surface area contributed by atoms with Crippen LogP contribution < -0.4 is 4.90 Å². The molecule has 2 aliphatic carbocycles. The van der Waals surface area contributed by atoms with Crippen LogP contribution in [0.4, 0.5) is 17.1 Å². The fourth-order valence-electron chi connectivity index (χ4n) is 13.2. The van der Waals surface area contributed by atoms with E-state index in [4.69, 9.17) is 4.42 Å². The minimum absolute atomic E-state index is 0.219. The molecule has 12 aromatic carbocycles. The van der Waals surface area contributed by atoms with Crippen molar-refractivity contribution in [3.05, 3.63) is 222 Å². The maximum Gasteiger partial charge on any atom is 0.159 e. The molecule has 320 valence electrons. The van der Waals surface area contributed by atoms with E-state index in [1.54, 1.807) is 0 Å². The molecule has 2 nitrogen and oxygen atoms in total. The summed E-state index contributed by atoms with van der Waals surface area (Å²) in [5.41, 5.74) is 15.4. The van der Waals surface area contributed by atoms with E-state index in [0.29, 0.717) is 0 Å². The molecule has 0 bridgehead atoms. The SMILES string of the molecule is CC1(C)c2cc3cc(N(c4cc5c(c6ccccc46)-c4c(c6ccccc6c6ccccc46)C5(C)C)c4cccc5c4oc4ccccc45)ccc3cc2-c2c1c1ccccc1c1ccccc21. The number of hydrogen-bond donors (Lipinski definition) is 0. The molecule has 1 heterocycles. The Hall–Kier alpha value is -8.20. The normalized spacial score (nSPS) is 14.4. The lowest BCUT2D eigenvalue weighted by atomic mass is 9.79. The first kappa shape index (κ1) is 38.0. The number of nitrogens with zero attached hydrogens (tertiary/aromatic N) is 1. The largest absolute Gasteiger partial charge is 0.454 e. The number of rotatable bonds is 3. The highest BCUT2D eigenvalue weighted by Gasteiger charge is 2.42. The fraction of sp³-hybridized carbons (Fsp3) is 0.0909. The lowest BCUT2D eigenvalue weighted by molar-refractivity contribution is 0.666. The molecule has 68 heavy (non-hydrogen) atoms. The van der Waals surface area contributed by atoms with Crippen molar-refractivity contribution in [1.29, 1.82) is 0 Å². The summed E-state index contributed by atoms with van der Waals surface area (Å²) in [5, 5.41) is 17.7. The van der Waals surface area contributed by atoms with Gasteiger partial charge in [0.1, 0.15) is 5.58 Å². The Morgan fingerprint density at radius 3 is 1.50 bits per heavy atom. The van der Waals surface area contributed by atoms with Crippen LogP contribution in [0.25, 0.3) is 109 Å². The molecule has 13 aromatic rings. The van der Waals surface area contributed by atoms with Crippen LogP contribution in [0.15, 0.2) is 205 Å². The molecule has 1 aromatic heterocycles. The van der Waals surface area contributed by atoms with Crippen molar-refractivity contribution < 1.29 is 4.42 Å². The first-order chi connectivity index (χ1) is 33.3. The van der Waals surface area contributed by atoms with Gasteiger partial charge in [0.15, 0.2) is 5.58 Å². The Morgan fingerprint density at radius 2 is 0.838 bits per heavy atom. The van der Waals surface area contributed by atoms with Gasteiger partial charge in [-0.25, -0.2) is 0 Å². The lowest BCUT2D eigenvalue weighted by Gasteiger charge is -2.30. The fourth-order valence-corrected chi connectivity index (χ4v) is 13.2. The van der Waals surface area contributed by atoms with Crippen LogP contribution in [0.3, 0.4) is 0 Å². The van der Waals surface area contributed by atoms with E-state index in [0.717, 1.165) is 39.0 Å². The summed E-state index contributed by atoms with van der Waals surface area (Å²) in [5.74, 6) is 0. The zero-order valence-electron chi connectivity index (χ0n) is 38.4. The minimum atomic E-state index is -0.303. The summed E-state index contributed by atoms with van der Waals surface area (Å²) in [6, 6.07) is 74.8. The first-order valence-corrected chi connectivity index (χ1v) is 24.0. The molecule has 2 heteroatoms. The van der Waals surface area contributed by atoms with Gasteiger partial charge in [-0.1, -0.05) is 185 Å². The lowest BCUT2D eigenvalue weighted by Crippen LogP contribution is -2.17. The van der Waals surface area contributed by atoms with Crippen LogP contribution in [0.1, 0.15) is 49.9 Å². The summed E-state index contributed by atoms with van der Waals surface area (Å²) in [7, 11) is 0. The van der Waals surface area contributed by atoms with Gasteiger partial charge in [-0.05, 0) is 146 Å². The van der Waals surface area contributed by atoms with Gasteiger partial charge in [-0.3, -0.25) is 0 Å². The quantitative estimate of drug-likeness (QED) is 0.165. The monoisotopic (exact) mass is 867 g/mol. The van der Waals surface area contributed by atoms with Crippen molar-refractivity contribution >= 4 is 104 Å². The molecule has 0 unspecified atom stereocenters. The highest BCUT2D eigenvalue weighted by atomic mass is 16.3. The van der Waals surface area contributed by atoms with Gasteiger partial charge in [0, 0.05) is 32.7 Å². The maximum absolute atomic E-state index is 6.94. The summed E-state index contributed by atoms with van der Waals surface area (Å²) in [4.78, 5) is 2.50. The number of anilines is 3. The van der Waals surface area contributed by atoms with Gasteiger partial charge in [0.2, 0.25) is 0 Å². The smallest absolute Gasteiger partial charge is 0.159 e. The summed E-state index contributed by atoms with van der Waals surface area (Å²) >= 11 is 0. The zero-order valence-corrected chi connectivity index (χ0v) is 38.4. The van der Waals surface area contributed by atoms with Crippen molar-refractivity contribution in [3.8, 4) is 22.3 Å². The van der Waals surface area contributed by atoms with Crippen molar-refractivity contribution in [2.45, 2.75) is 38.5 Å². The Balaban J connectivity index is 1.02. The van der Waals surface area contributed by atoms with E-state index in [1.807, 2.05) is 0 Å². The molecular weight excluding hydrogens is 823 g/mol. The number of benzene rings is 12. The van der Waals surface area contributed by atoms with Gasteiger partial charge in [0.25, 0.3) is 0 Å². The maximum atomic E-state index is 6.94. The molecule has 0 radical (unpaired) electrons. The third-order valence-corrected chi connectivity index (χ3v) is 16.1. The summed E-state index contributed by atoms with van der Waals surface area (Å²) in [6.07, 6.45) is 0.